The van der Waals surface area contributed by atoms with Crippen molar-refractivity contribution in [3.05, 3.63) is 0 Å². The van der Waals surface area contributed by atoms with Crippen molar-refractivity contribution >= 4 is 0 Å². The van der Waals surface area contributed by atoms with Crippen molar-refractivity contribution in [3.63, 3.8) is 0 Å². The van der Waals surface area contributed by atoms with Crippen LogP contribution in [0.5, 0.6) is 0 Å². The molecule has 0 aliphatic rings. The monoisotopic (exact) mass is 200 g/mol. The standard InChI is InChI=1S/C13H30N/c1-7-8-9-14(5,6)11-13(4)10-12(2)3/h12-13H,7-11H2,1-6H3/q+1. The topological polar surface area (TPSA) is 0 Å². The Morgan fingerprint density at radius 2 is 1.64 bits per heavy atom. The number of nitrogens with zero attached hydrogens (tertiary/aromatic N) is 1. The molecule has 0 saturated heterocycles. The van der Waals surface area contributed by atoms with Crippen LogP contribution in [0.25, 0.3) is 0 Å². The maximum atomic E-state index is 2.39. The van der Waals surface area contributed by atoms with Crippen LogP contribution in [0.4, 0.5) is 0 Å². The minimum atomic E-state index is 0.844. The largest absolute Gasteiger partial charge is 0.328 e. The predicted octanol–water partition coefficient (Wildman–Crippen LogP) is 3.55. The first kappa shape index (κ1) is 14.0. The summed E-state index contributed by atoms with van der Waals surface area (Å²) in [6.45, 7) is 12.0. The van der Waals surface area contributed by atoms with Gasteiger partial charge in [-0.15, -0.1) is 0 Å². The van der Waals surface area contributed by atoms with Gasteiger partial charge in [0.15, 0.2) is 0 Å². The molecule has 0 aliphatic heterocycles. The summed E-state index contributed by atoms with van der Waals surface area (Å²) in [7, 11) is 4.74. The Labute approximate surface area is 91.1 Å². The first-order valence-corrected chi connectivity index (χ1v) is 6.19. The van der Waals surface area contributed by atoms with Gasteiger partial charge in [-0.25, -0.2) is 0 Å². The Morgan fingerprint density at radius 3 is 2.07 bits per heavy atom. The minimum absolute atomic E-state index is 0.844. The summed E-state index contributed by atoms with van der Waals surface area (Å²) in [6.07, 6.45) is 4.05. The summed E-state index contributed by atoms with van der Waals surface area (Å²) >= 11 is 0. The summed E-state index contributed by atoms with van der Waals surface area (Å²) in [4.78, 5) is 0. The van der Waals surface area contributed by atoms with Gasteiger partial charge < -0.3 is 4.48 Å². The van der Waals surface area contributed by atoms with Crippen molar-refractivity contribution in [1.82, 2.24) is 0 Å². The van der Waals surface area contributed by atoms with Gasteiger partial charge in [-0.1, -0.05) is 34.1 Å². The molecule has 1 unspecified atom stereocenters. The molecule has 1 heteroatoms. The second kappa shape index (κ2) is 6.44. The van der Waals surface area contributed by atoms with Crippen LogP contribution in [-0.4, -0.2) is 31.7 Å². The van der Waals surface area contributed by atoms with E-state index in [-0.39, 0.29) is 0 Å². The second-order valence-corrected chi connectivity index (χ2v) is 5.93. The highest BCUT2D eigenvalue weighted by molar-refractivity contribution is 4.55. The summed E-state index contributed by atoms with van der Waals surface area (Å²) in [6, 6.07) is 0. The van der Waals surface area contributed by atoms with E-state index in [1.165, 1.54) is 36.8 Å². The van der Waals surface area contributed by atoms with Crippen molar-refractivity contribution in [1.29, 1.82) is 0 Å². The first-order valence-electron chi connectivity index (χ1n) is 6.19. The first-order chi connectivity index (χ1) is 6.37. The lowest BCUT2D eigenvalue weighted by atomic mass is 9.98. The molecule has 0 aromatic rings. The maximum absolute atomic E-state index is 2.39. The summed E-state index contributed by atoms with van der Waals surface area (Å²) < 4.78 is 1.20. The molecule has 1 atom stereocenters. The molecule has 1 nitrogen and oxygen atoms in total. The molecule has 14 heavy (non-hydrogen) atoms. The third kappa shape index (κ3) is 7.37. The van der Waals surface area contributed by atoms with E-state index < -0.39 is 0 Å². The third-order valence-corrected chi connectivity index (χ3v) is 2.80. The number of hydrogen-bond acceptors (Lipinski definition) is 0. The molecule has 0 bridgehead atoms. The zero-order chi connectivity index (χ0) is 11.2. The van der Waals surface area contributed by atoms with Crippen molar-refractivity contribution in [2.75, 3.05) is 27.2 Å². The maximum Gasteiger partial charge on any atom is 0.0808 e. The van der Waals surface area contributed by atoms with Crippen LogP contribution in [0.1, 0.15) is 47.0 Å². The van der Waals surface area contributed by atoms with Gasteiger partial charge in [0, 0.05) is 5.92 Å². The van der Waals surface area contributed by atoms with Gasteiger partial charge in [-0.05, 0) is 18.8 Å². The quantitative estimate of drug-likeness (QED) is 0.551. The lowest BCUT2D eigenvalue weighted by molar-refractivity contribution is -0.893. The number of rotatable bonds is 7. The van der Waals surface area contributed by atoms with Gasteiger partial charge in [0.05, 0.1) is 27.2 Å². The molecule has 86 valence electrons. The molecule has 0 heterocycles. The van der Waals surface area contributed by atoms with E-state index in [9.17, 15) is 0 Å². The van der Waals surface area contributed by atoms with Crippen LogP contribution in [0.2, 0.25) is 0 Å². The number of unbranched alkanes of at least 4 members (excludes halogenated alkanes) is 1. The van der Waals surface area contributed by atoms with Crippen LogP contribution >= 0.6 is 0 Å². The Hall–Kier alpha value is -0.0400. The molecule has 0 rings (SSSR count). The molecule has 0 aromatic heterocycles. The van der Waals surface area contributed by atoms with E-state index in [1.54, 1.807) is 0 Å². The van der Waals surface area contributed by atoms with Crippen LogP contribution in [0.15, 0.2) is 0 Å². The van der Waals surface area contributed by atoms with Gasteiger partial charge in [-0.3, -0.25) is 0 Å². The zero-order valence-electron chi connectivity index (χ0n) is 11.1. The smallest absolute Gasteiger partial charge is 0.0808 e. The summed E-state index contributed by atoms with van der Waals surface area (Å²) in [5.41, 5.74) is 0. The highest BCUT2D eigenvalue weighted by Crippen LogP contribution is 2.15. The van der Waals surface area contributed by atoms with Crippen LogP contribution < -0.4 is 0 Å². The van der Waals surface area contributed by atoms with Crippen molar-refractivity contribution in [3.8, 4) is 0 Å². The highest BCUT2D eigenvalue weighted by atomic mass is 15.3. The van der Waals surface area contributed by atoms with Gasteiger partial charge in [-0.2, -0.15) is 0 Å². The Bertz CT molecular complexity index is 138. The average molecular weight is 200 g/mol. The fourth-order valence-electron chi connectivity index (χ4n) is 2.40. The van der Waals surface area contributed by atoms with Crippen LogP contribution in [0, 0.1) is 11.8 Å². The second-order valence-electron chi connectivity index (χ2n) is 5.93. The lowest BCUT2D eigenvalue weighted by Gasteiger charge is -2.33. The normalized spacial score (nSPS) is 14.8. The van der Waals surface area contributed by atoms with E-state index in [1.807, 2.05) is 0 Å². The lowest BCUT2D eigenvalue weighted by Crippen LogP contribution is -2.43. The van der Waals surface area contributed by atoms with Crippen molar-refractivity contribution in [2.24, 2.45) is 11.8 Å². The minimum Gasteiger partial charge on any atom is -0.328 e. The molecule has 0 radical (unpaired) electrons. The van der Waals surface area contributed by atoms with Gasteiger partial charge >= 0.3 is 0 Å². The SMILES string of the molecule is CCCC[N+](C)(C)CC(C)CC(C)C. The van der Waals surface area contributed by atoms with E-state index in [2.05, 4.69) is 41.8 Å². The van der Waals surface area contributed by atoms with E-state index in [0.717, 1.165) is 11.8 Å². The van der Waals surface area contributed by atoms with E-state index >= 15 is 0 Å². The van der Waals surface area contributed by atoms with Crippen LogP contribution in [0.3, 0.4) is 0 Å². The van der Waals surface area contributed by atoms with Gasteiger partial charge in [0.1, 0.15) is 0 Å². The molecule has 0 amide bonds. The Morgan fingerprint density at radius 1 is 1.07 bits per heavy atom. The molecule has 0 fully saturated rings. The number of hydrogen-bond donors (Lipinski definition) is 0. The van der Waals surface area contributed by atoms with Gasteiger partial charge in [0.2, 0.25) is 0 Å². The zero-order valence-corrected chi connectivity index (χ0v) is 11.1. The van der Waals surface area contributed by atoms with Crippen molar-refractivity contribution in [2.45, 2.75) is 47.0 Å². The highest BCUT2D eigenvalue weighted by Gasteiger charge is 2.18. The van der Waals surface area contributed by atoms with Crippen molar-refractivity contribution < 1.29 is 4.48 Å². The van der Waals surface area contributed by atoms with E-state index in [0.29, 0.717) is 0 Å². The van der Waals surface area contributed by atoms with Gasteiger partial charge in [0.25, 0.3) is 0 Å². The fraction of sp³-hybridized carbons (Fsp3) is 1.00. The van der Waals surface area contributed by atoms with E-state index in [4.69, 9.17) is 0 Å². The molecule has 0 N–H and O–H groups in total. The third-order valence-electron chi connectivity index (χ3n) is 2.80. The molecule has 0 spiro atoms. The fourth-order valence-corrected chi connectivity index (χ4v) is 2.40. The summed E-state index contributed by atoms with van der Waals surface area (Å²) in [5.74, 6) is 1.71. The summed E-state index contributed by atoms with van der Waals surface area (Å²) in [5, 5.41) is 0. The number of quaternary nitrogens is 1. The average Bonchev–Trinajstić information content (AvgIpc) is 1.98. The predicted molar refractivity (Wildman–Crippen MR) is 65.4 cm³/mol. The van der Waals surface area contributed by atoms with Crippen LogP contribution in [-0.2, 0) is 0 Å². The molecule has 0 saturated carbocycles. The molecular formula is C13H30N+. The molecule has 0 aromatic carbocycles. The Balaban J connectivity index is 3.82. The molecular weight excluding hydrogens is 170 g/mol. The molecule has 0 aliphatic carbocycles. The Kier molecular flexibility index (Phi) is 6.43.